The molecule has 0 aliphatic heterocycles. The fourth-order valence-corrected chi connectivity index (χ4v) is 2.30. The number of hydrogen-bond acceptors (Lipinski definition) is 1. The summed E-state index contributed by atoms with van der Waals surface area (Å²) in [5, 5.41) is 3.21. The topological polar surface area (TPSA) is 12.0 Å². The van der Waals surface area contributed by atoms with Gasteiger partial charge in [-0.15, -0.1) is 0 Å². The van der Waals surface area contributed by atoms with E-state index < -0.39 is 11.6 Å². The van der Waals surface area contributed by atoms with Crippen LogP contribution in [0.3, 0.4) is 0 Å². The van der Waals surface area contributed by atoms with Gasteiger partial charge in [0.25, 0.3) is 0 Å². The molecule has 1 rings (SSSR count). The zero-order valence-corrected chi connectivity index (χ0v) is 11.5. The molecule has 0 amide bonds. The van der Waals surface area contributed by atoms with E-state index >= 15 is 0 Å². The van der Waals surface area contributed by atoms with Crippen molar-refractivity contribution in [3.63, 3.8) is 0 Å². The van der Waals surface area contributed by atoms with Crippen molar-refractivity contribution in [3.05, 3.63) is 35.4 Å². The summed E-state index contributed by atoms with van der Waals surface area (Å²) in [7, 11) is 1.88. The van der Waals surface area contributed by atoms with E-state index in [0.717, 1.165) is 25.3 Å². The molecule has 0 aromatic heterocycles. The standard InChI is InChI=1S/C15H23F2N/c1-4-11(5-2)9-13(18-3)10-12-7-6-8-14(16)15(12)17/h6-8,11,13,18H,4-5,9-10H2,1-3H3. The fraction of sp³-hybridized carbons (Fsp3) is 0.600. The fourth-order valence-electron chi connectivity index (χ4n) is 2.30. The molecule has 0 saturated carbocycles. The number of halogens is 2. The second-order valence-corrected chi connectivity index (χ2v) is 4.82. The molecule has 0 heterocycles. The monoisotopic (exact) mass is 255 g/mol. The zero-order chi connectivity index (χ0) is 13.5. The Morgan fingerprint density at radius 1 is 1.17 bits per heavy atom. The van der Waals surface area contributed by atoms with Crippen molar-refractivity contribution in [1.82, 2.24) is 5.32 Å². The maximum absolute atomic E-state index is 13.6. The van der Waals surface area contributed by atoms with Crippen LogP contribution in [0.15, 0.2) is 18.2 Å². The molecule has 1 nitrogen and oxygen atoms in total. The smallest absolute Gasteiger partial charge is 0.162 e. The van der Waals surface area contributed by atoms with Crippen LogP contribution in [0.25, 0.3) is 0 Å². The summed E-state index contributed by atoms with van der Waals surface area (Å²) in [5.74, 6) is -0.828. The summed E-state index contributed by atoms with van der Waals surface area (Å²) >= 11 is 0. The average molecular weight is 255 g/mol. The quantitative estimate of drug-likeness (QED) is 0.778. The minimum Gasteiger partial charge on any atom is -0.317 e. The Morgan fingerprint density at radius 2 is 1.83 bits per heavy atom. The van der Waals surface area contributed by atoms with Crippen molar-refractivity contribution in [1.29, 1.82) is 0 Å². The summed E-state index contributed by atoms with van der Waals surface area (Å²) in [4.78, 5) is 0. The van der Waals surface area contributed by atoms with Crippen molar-refractivity contribution in [2.75, 3.05) is 7.05 Å². The first kappa shape index (κ1) is 15.1. The highest BCUT2D eigenvalue weighted by Crippen LogP contribution is 2.19. The molecule has 1 aromatic carbocycles. The van der Waals surface area contributed by atoms with Crippen LogP contribution >= 0.6 is 0 Å². The third-order valence-electron chi connectivity index (χ3n) is 3.68. The van der Waals surface area contributed by atoms with Gasteiger partial charge in [-0.2, -0.15) is 0 Å². The van der Waals surface area contributed by atoms with Crippen LogP contribution in [0, 0.1) is 17.6 Å². The number of hydrogen-bond donors (Lipinski definition) is 1. The van der Waals surface area contributed by atoms with E-state index in [9.17, 15) is 8.78 Å². The second kappa shape index (κ2) is 7.47. The van der Waals surface area contributed by atoms with Crippen LogP contribution in [-0.2, 0) is 6.42 Å². The highest BCUT2D eigenvalue weighted by molar-refractivity contribution is 5.20. The maximum Gasteiger partial charge on any atom is 0.162 e. The molecule has 0 bridgehead atoms. The van der Waals surface area contributed by atoms with Crippen molar-refractivity contribution in [2.45, 2.75) is 45.6 Å². The summed E-state index contributed by atoms with van der Waals surface area (Å²) in [6, 6.07) is 4.59. The molecule has 0 saturated heterocycles. The van der Waals surface area contributed by atoms with Gasteiger partial charge in [0.15, 0.2) is 11.6 Å². The number of likely N-dealkylation sites (N-methyl/N-ethyl adjacent to an activating group) is 1. The minimum atomic E-state index is -0.759. The Bertz CT molecular complexity index is 362. The van der Waals surface area contributed by atoms with E-state index in [0.29, 0.717) is 17.9 Å². The maximum atomic E-state index is 13.6. The first-order chi connectivity index (χ1) is 8.62. The highest BCUT2D eigenvalue weighted by Gasteiger charge is 2.16. The molecule has 0 fully saturated rings. The molecule has 0 spiro atoms. The van der Waals surface area contributed by atoms with Crippen LogP contribution in [0.1, 0.15) is 38.7 Å². The van der Waals surface area contributed by atoms with Gasteiger partial charge in [0.05, 0.1) is 0 Å². The summed E-state index contributed by atoms with van der Waals surface area (Å²) in [5.41, 5.74) is 0.459. The van der Waals surface area contributed by atoms with E-state index in [4.69, 9.17) is 0 Å². The zero-order valence-electron chi connectivity index (χ0n) is 11.5. The Morgan fingerprint density at radius 3 is 2.39 bits per heavy atom. The van der Waals surface area contributed by atoms with Crippen LogP contribution in [0.2, 0.25) is 0 Å². The third-order valence-corrected chi connectivity index (χ3v) is 3.68. The summed E-state index contributed by atoms with van der Waals surface area (Å²) in [6.07, 6.45) is 3.79. The molecule has 0 aliphatic carbocycles. The Kier molecular flexibility index (Phi) is 6.27. The first-order valence-electron chi connectivity index (χ1n) is 6.72. The normalized spacial score (nSPS) is 13.0. The lowest BCUT2D eigenvalue weighted by atomic mass is 9.91. The Balaban J connectivity index is 2.70. The van der Waals surface area contributed by atoms with Crippen LogP contribution in [0.5, 0.6) is 0 Å². The van der Waals surface area contributed by atoms with Crippen molar-refractivity contribution in [2.24, 2.45) is 5.92 Å². The number of rotatable bonds is 7. The van der Waals surface area contributed by atoms with E-state index in [1.54, 1.807) is 12.1 Å². The Labute approximate surface area is 109 Å². The minimum absolute atomic E-state index is 0.200. The van der Waals surface area contributed by atoms with Crippen molar-refractivity contribution < 1.29 is 8.78 Å². The number of benzene rings is 1. The molecular weight excluding hydrogens is 232 g/mol. The van der Waals surface area contributed by atoms with Gasteiger partial charge in [-0.25, -0.2) is 8.78 Å². The van der Waals surface area contributed by atoms with Crippen molar-refractivity contribution in [3.8, 4) is 0 Å². The summed E-state index contributed by atoms with van der Waals surface area (Å²) in [6.45, 7) is 4.34. The van der Waals surface area contributed by atoms with Crippen molar-refractivity contribution >= 4 is 0 Å². The van der Waals surface area contributed by atoms with Crippen LogP contribution in [-0.4, -0.2) is 13.1 Å². The number of nitrogens with one attached hydrogen (secondary N) is 1. The van der Waals surface area contributed by atoms with Gasteiger partial charge in [0, 0.05) is 6.04 Å². The van der Waals surface area contributed by atoms with E-state index in [-0.39, 0.29) is 6.04 Å². The molecule has 18 heavy (non-hydrogen) atoms. The molecule has 1 atom stereocenters. The molecular formula is C15H23F2N. The van der Waals surface area contributed by atoms with Gasteiger partial charge < -0.3 is 5.32 Å². The van der Waals surface area contributed by atoms with Crippen LogP contribution < -0.4 is 5.32 Å². The third kappa shape index (κ3) is 4.05. The van der Waals surface area contributed by atoms with Gasteiger partial charge >= 0.3 is 0 Å². The van der Waals surface area contributed by atoms with E-state index in [2.05, 4.69) is 19.2 Å². The predicted octanol–water partition coefficient (Wildman–Crippen LogP) is 3.92. The molecule has 0 radical (unpaired) electrons. The molecule has 3 heteroatoms. The highest BCUT2D eigenvalue weighted by atomic mass is 19.2. The van der Waals surface area contributed by atoms with E-state index in [1.807, 2.05) is 7.05 Å². The second-order valence-electron chi connectivity index (χ2n) is 4.82. The lowest BCUT2D eigenvalue weighted by molar-refractivity contribution is 0.373. The molecule has 1 aromatic rings. The molecule has 0 aliphatic rings. The largest absolute Gasteiger partial charge is 0.317 e. The lowest BCUT2D eigenvalue weighted by Crippen LogP contribution is -2.30. The van der Waals surface area contributed by atoms with Gasteiger partial charge in [0.2, 0.25) is 0 Å². The SMILES string of the molecule is CCC(CC)CC(Cc1cccc(F)c1F)NC. The lowest BCUT2D eigenvalue weighted by Gasteiger charge is -2.21. The predicted molar refractivity (Wildman–Crippen MR) is 71.6 cm³/mol. The van der Waals surface area contributed by atoms with Crippen LogP contribution in [0.4, 0.5) is 8.78 Å². The first-order valence-corrected chi connectivity index (χ1v) is 6.72. The molecule has 102 valence electrons. The van der Waals surface area contributed by atoms with Gasteiger partial charge in [-0.3, -0.25) is 0 Å². The van der Waals surface area contributed by atoms with E-state index in [1.165, 1.54) is 0 Å². The average Bonchev–Trinajstić information content (AvgIpc) is 2.39. The van der Waals surface area contributed by atoms with Gasteiger partial charge in [-0.05, 0) is 37.4 Å². The molecule has 1 N–H and O–H groups in total. The Hall–Kier alpha value is -0.960. The van der Waals surface area contributed by atoms with Gasteiger partial charge in [0.1, 0.15) is 0 Å². The van der Waals surface area contributed by atoms with Gasteiger partial charge in [-0.1, -0.05) is 38.8 Å². The molecule has 1 unspecified atom stereocenters. The summed E-state index contributed by atoms with van der Waals surface area (Å²) < 4.78 is 26.7.